The Kier molecular flexibility index (Phi) is 5.03. The van der Waals surface area contributed by atoms with Crippen molar-refractivity contribution in [2.75, 3.05) is 18.6 Å². The van der Waals surface area contributed by atoms with Crippen LogP contribution in [0.5, 0.6) is 0 Å². The van der Waals surface area contributed by atoms with Crippen molar-refractivity contribution < 1.29 is 9.53 Å². The average Bonchev–Trinajstić information content (AvgIpc) is 2.35. The minimum atomic E-state index is -0.318. The summed E-state index contributed by atoms with van der Waals surface area (Å²) in [6, 6.07) is 3.72. The Morgan fingerprint density at radius 1 is 1.61 bits per heavy atom. The van der Waals surface area contributed by atoms with Gasteiger partial charge in [-0.3, -0.25) is 9.78 Å². The molecule has 0 radical (unpaired) electrons. The van der Waals surface area contributed by atoms with Gasteiger partial charge in [-0.05, 0) is 26.0 Å². The van der Waals surface area contributed by atoms with E-state index in [1.807, 2.05) is 24.8 Å². The molecule has 0 aliphatic heterocycles. The fourth-order valence-corrected chi connectivity index (χ4v) is 1.73. The molecule has 0 saturated carbocycles. The van der Waals surface area contributed by atoms with Gasteiger partial charge in [0.1, 0.15) is 17.2 Å². The minimum Gasteiger partial charge on any atom is -0.468 e. The molecule has 1 heterocycles. The van der Waals surface area contributed by atoms with Gasteiger partial charge in [-0.25, -0.2) is 0 Å². The molecule has 0 aliphatic rings. The molecule has 6 heteroatoms. The molecule has 1 rings (SSSR count). The number of nitrogens with zero attached hydrogens (tertiary/aromatic N) is 2. The Balaban J connectivity index is 3.13. The number of anilines is 1. The van der Waals surface area contributed by atoms with E-state index in [1.165, 1.54) is 7.11 Å². The highest BCUT2D eigenvalue weighted by Crippen LogP contribution is 2.20. The lowest BCUT2D eigenvalue weighted by atomic mass is 10.2. The topological polar surface area (TPSA) is 68.5 Å². The summed E-state index contributed by atoms with van der Waals surface area (Å²) in [5.41, 5.74) is 6.90. The van der Waals surface area contributed by atoms with Crippen molar-refractivity contribution >= 4 is 28.9 Å². The molecule has 0 aromatic carbocycles. The first-order valence-corrected chi connectivity index (χ1v) is 5.96. The molecular formula is C12H17N3O2S. The molecule has 0 saturated heterocycles. The van der Waals surface area contributed by atoms with E-state index in [-0.39, 0.29) is 23.5 Å². The number of hydrogen-bond acceptors (Lipinski definition) is 5. The third-order valence-corrected chi connectivity index (χ3v) is 2.67. The molecule has 0 fully saturated rings. The molecule has 0 spiro atoms. The lowest BCUT2D eigenvalue weighted by Crippen LogP contribution is -2.37. The normalized spacial score (nSPS) is 10.2. The quantitative estimate of drug-likeness (QED) is 0.636. The van der Waals surface area contributed by atoms with Gasteiger partial charge in [-0.1, -0.05) is 12.2 Å². The molecule has 0 bridgehead atoms. The molecule has 1 aromatic rings. The molecule has 98 valence electrons. The molecule has 0 amide bonds. The van der Waals surface area contributed by atoms with Crippen LogP contribution in [0.25, 0.3) is 0 Å². The molecule has 0 aliphatic carbocycles. The Bertz CT molecular complexity index is 449. The largest absolute Gasteiger partial charge is 0.468 e. The SMILES string of the molecule is COC(=O)CN(c1cccnc1C(N)=S)C(C)C. The second-order valence-corrected chi connectivity index (χ2v) is 4.47. The predicted octanol–water partition coefficient (Wildman–Crippen LogP) is 1.10. The van der Waals surface area contributed by atoms with E-state index < -0.39 is 0 Å². The Morgan fingerprint density at radius 3 is 2.78 bits per heavy atom. The first-order valence-electron chi connectivity index (χ1n) is 5.55. The van der Waals surface area contributed by atoms with E-state index in [4.69, 9.17) is 18.0 Å². The standard InChI is InChI=1S/C12H17N3O2S/c1-8(2)15(7-10(16)17-3)9-5-4-6-14-11(9)12(13)18/h4-6,8H,7H2,1-3H3,(H2,13,18). The number of carbonyl (C=O) groups is 1. The summed E-state index contributed by atoms with van der Waals surface area (Å²) in [5, 5.41) is 0. The van der Waals surface area contributed by atoms with Crippen molar-refractivity contribution in [3.8, 4) is 0 Å². The maximum atomic E-state index is 11.4. The molecule has 1 aromatic heterocycles. The van der Waals surface area contributed by atoms with E-state index in [0.717, 1.165) is 5.69 Å². The second kappa shape index (κ2) is 6.30. The van der Waals surface area contributed by atoms with Gasteiger partial charge in [-0.2, -0.15) is 0 Å². The van der Waals surface area contributed by atoms with E-state index in [1.54, 1.807) is 12.3 Å². The van der Waals surface area contributed by atoms with Gasteiger partial charge in [-0.15, -0.1) is 0 Å². The average molecular weight is 267 g/mol. The van der Waals surface area contributed by atoms with Crippen LogP contribution in [-0.4, -0.2) is 35.6 Å². The molecule has 2 N–H and O–H groups in total. The third kappa shape index (κ3) is 3.40. The third-order valence-electron chi connectivity index (χ3n) is 2.48. The first kappa shape index (κ1) is 14.4. The zero-order chi connectivity index (χ0) is 13.7. The van der Waals surface area contributed by atoms with Gasteiger partial charge in [0.2, 0.25) is 0 Å². The summed E-state index contributed by atoms with van der Waals surface area (Å²) in [6.45, 7) is 4.08. The summed E-state index contributed by atoms with van der Waals surface area (Å²) < 4.78 is 4.69. The fourth-order valence-electron chi connectivity index (χ4n) is 1.57. The summed E-state index contributed by atoms with van der Waals surface area (Å²) in [7, 11) is 1.36. The Hall–Kier alpha value is -1.69. The van der Waals surface area contributed by atoms with Crippen LogP contribution in [0, 0.1) is 0 Å². The number of methoxy groups -OCH3 is 1. The van der Waals surface area contributed by atoms with Crippen LogP contribution in [0.1, 0.15) is 19.5 Å². The molecule has 5 nitrogen and oxygen atoms in total. The lowest BCUT2D eigenvalue weighted by Gasteiger charge is -2.28. The minimum absolute atomic E-state index is 0.0985. The maximum absolute atomic E-state index is 11.4. The van der Waals surface area contributed by atoms with Gasteiger partial charge >= 0.3 is 5.97 Å². The first-order chi connectivity index (χ1) is 8.47. The van der Waals surface area contributed by atoms with Crippen LogP contribution in [0.4, 0.5) is 5.69 Å². The van der Waals surface area contributed by atoms with Crippen molar-refractivity contribution in [3.63, 3.8) is 0 Å². The highest BCUT2D eigenvalue weighted by atomic mass is 32.1. The number of nitrogens with two attached hydrogens (primary N) is 1. The highest BCUT2D eigenvalue weighted by Gasteiger charge is 2.19. The van der Waals surface area contributed by atoms with E-state index in [0.29, 0.717) is 5.69 Å². The number of thiocarbonyl (C=S) groups is 1. The zero-order valence-electron chi connectivity index (χ0n) is 10.7. The number of ether oxygens (including phenoxy) is 1. The monoisotopic (exact) mass is 267 g/mol. The summed E-state index contributed by atoms with van der Waals surface area (Å²) in [4.78, 5) is 17.7. The van der Waals surface area contributed by atoms with Crippen molar-refractivity contribution in [2.45, 2.75) is 19.9 Å². The van der Waals surface area contributed by atoms with Crippen LogP contribution in [0.2, 0.25) is 0 Å². The van der Waals surface area contributed by atoms with Crippen LogP contribution in [0.3, 0.4) is 0 Å². The highest BCUT2D eigenvalue weighted by molar-refractivity contribution is 7.80. The summed E-state index contributed by atoms with van der Waals surface area (Å²) in [5.74, 6) is -0.318. The van der Waals surface area contributed by atoms with Gasteiger partial charge in [0.25, 0.3) is 0 Å². The zero-order valence-corrected chi connectivity index (χ0v) is 11.5. The van der Waals surface area contributed by atoms with Gasteiger partial charge in [0.15, 0.2) is 0 Å². The van der Waals surface area contributed by atoms with Crippen LogP contribution >= 0.6 is 12.2 Å². The summed E-state index contributed by atoms with van der Waals surface area (Å²) in [6.07, 6.45) is 1.62. The van der Waals surface area contributed by atoms with Crippen molar-refractivity contribution in [3.05, 3.63) is 24.0 Å². The van der Waals surface area contributed by atoms with Gasteiger partial charge in [0.05, 0.1) is 12.8 Å². The smallest absolute Gasteiger partial charge is 0.325 e. The molecule has 0 unspecified atom stereocenters. The van der Waals surface area contributed by atoms with E-state index in [2.05, 4.69) is 9.72 Å². The van der Waals surface area contributed by atoms with E-state index in [9.17, 15) is 4.79 Å². The Morgan fingerprint density at radius 2 is 2.28 bits per heavy atom. The number of pyridine rings is 1. The second-order valence-electron chi connectivity index (χ2n) is 4.03. The van der Waals surface area contributed by atoms with Crippen LogP contribution < -0.4 is 10.6 Å². The fraction of sp³-hybridized carbons (Fsp3) is 0.417. The number of hydrogen-bond donors (Lipinski definition) is 1. The number of aromatic nitrogens is 1. The maximum Gasteiger partial charge on any atom is 0.325 e. The molecule has 0 atom stereocenters. The van der Waals surface area contributed by atoms with Gasteiger partial charge < -0.3 is 15.4 Å². The number of rotatable bonds is 5. The van der Waals surface area contributed by atoms with Crippen LogP contribution in [0.15, 0.2) is 18.3 Å². The van der Waals surface area contributed by atoms with Crippen molar-refractivity contribution in [2.24, 2.45) is 5.73 Å². The lowest BCUT2D eigenvalue weighted by molar-refractivity contribution is -0.139. The van der Waals surface area contributed by atoms with E-state index >= 15 is 0 Å². The Labute approximate surface area is 112 Å². The predicted molar refractivity (Wildman–Crippen MR) is 74.6 cm³/mol. The molecule has 18 heavy (non-hydrogen) atoms. The molecular weight excluding hydrogens is 250 g/mol. The number of carbonyl (C=O) groups excluding carboxylic acids is 1. The van der Waals surface area contributed by atoms with Gasteiger partial charge in [0, 0.05) is 12.2 Å². The van der Waals surface area contributed by atoms with Crippen LogP contribution in [-0.2, 0) is 9.53 Å². The van der Waals surface area contributed by atoms with Crippen molar-refractivity contribution in [1.29, 1.82) is 0 Å². The summed E-state index contributed by atoms with van der Waals surface area (Å²) >= 11 is 4.97. The van der Waals surface area contributed by atoms with Crippen molar-refractivity contribution in [1.82, 2.24) is 4.98 Å². The number of esters is 1.